The first-order valence-corrected chi connectivity index (χ1v) is 15.3. The van der Waals surface area contributed by atoms with Gasteiger partial charge in [-0.2, -0.15) is 0 Å². The van der Waals surface area contributed by atoms with E-state index < -0.39 is 72.0 Å². The Morgan fingerprint density at radius 1 is 0.333 bits per heavy atom. The van der Waals surface area contributed by atoms with Gasteiger partial charge in [0.25, 0.3) is 0 Å². The molecule has 1 aromatic heterocycles. The number of nitrogens with zero attached hydrogens (tertiary/aromatic N) is 3. The normalized spacial score (nSPS) is 14.5. The molecule has 0 fully saturated rings. The van der Waals surface area contributed by atoms with Crippen LogP contribution >= 0.6 is 0 Å². The Bertz CT molecular complexity index is 3130. The summed E-state index contributed by atoms with van der Waals surface area (Å²) in [5, 5.41) is 3.47. The first-order chi connectivity index (χ1) is 28.3. The molecule has 0 spiro atoms. The summed E-state index contributed by atoms with van der Waals surface area (Å²) >= 11 is 0. The van der Waals surface area contributed by atoms with Crippen LogP contribution in [0.4, 0.5) is 0 Å². The van der Waals surface area contributed by atoms with E-state index in [0.29, 0.717) is 28.6 Å². The molecule has 0 saturated heterocycles. The maximum atomic E-state index is 9.18. The zero-order valence-electron chi connectivity index (χ0n) is 36.2. The van der Waals surface area contributed by atoms with E-state index in [1.807, 2.05) is 84.9 Å². The van der Waals surface area contributed by atoms with Crippen LogP contribution in [0.5, 0.6) is 0 Å². The van der Waals surface area contributed by atoms with Gasteiger partial charge in [0.05, 0.1) is 15.1 Å². The molecule has 48 heavy (non-hydrogen) atoms. The molecule has 1 heterocycles. The predicted molar refractivity (Wildman–Crippen MR) is 200 cm³/mol. The third-order valence-electron chi connectivity index (χ3n) is 8.25. The van der Waals surface area contributed by atoms with Gasteiger partial charge in [-0.1, -0.05) is 157 Å². The van der Waals surface area contributed by atoms with Gasteiger partial charge in [0.2, 0.25) is 0 Å². The second-order valence-corrected chi connectivity index (χ2v) is 11.3. The van der Waals surface area contributed by atoms with Gasteiger partial charge < -0.3 is 0 Å². The minimum atomic E-state index is -0.672. The summed E-state index contributed by atoms with van der Waals surface area (Å²) in [5.74, 6) is 1.15. The predicted octanol–water partition coefficient (Wildman–Crippen LogP) is 11.7. The van der Waals surface area contributed by atoms with E-state index in [0.717, 1.165) is 32.7 Å². The summed E-state index contributed by atoms with van der Waals surface area (Å²) in [7, 11) is 0. The SMILES string of the molecule is [2H]c1c([2H])c(-c2c([2H])c([2H])c([2H])c3c([2H])c([2H])c([2H])c([2H])c23)c([2H])c([2H])c1-c1cccc(-c2nc(-c3ccc4ccccc4c3)nc(-c3ccc4ccccc4c3)n2)c1. The van der Waals surface area contributed by atoms with Crippen LogP contribution in [-0.2, 0) is 0 Å². The molecular weight excluding hydrogens is 583 g/mol. The summed E-state index contributed by atoms with van der Waals surface area (Å²) in [4.78, 5) is 14.8. The average Bonchev–Trinajstić information content (AvgIpc) is 3.26. The van der Waals surface area contributed by atoms with E-state index in [1.165, 1.54) is 0 Å². The molecule has 8 aromatic carbocycles. The maximum absolute atomic E-state index is 9.18. The fraction of sp³-hybridized carbons (Fsp3) is 0. The van der Waals surface area contributed by atoms with E-state index in [-0.39, 0.29) is 21.9 Å². The van der Waals surface area contributed by atoms with Crippen LogP contribution < -0.4 is 0 Å². The van der Waals surface area contributed by atoms with E-state index in [2.05, 4.69) is 0 Å². The van der Waals surface area contributed by atoms with Crippen molar-refractivity contribution < 1.29 is 15.1 Å². The van der Waals surface area contributed by atoms with Crippen LogP contribution in [0.15, 0.2) is 176 Å². The molecule has 3 heteroatoms. The third-order valence-corrected chi connectivity index (χ3v) is 8.25. The standard InChI is InChI=1S/C45H29N3/c1-3-12-35-28-39(25-21-30(35)9-1)44-46-43(47-45(48-44)40-26-22-31-10-2-4-13-36(31)29-40)38-16-7-15-37(27-38)32-19-23-34(24-20-32)42-18-8-14-33-11-5-6-17-41(33)42/h1-29H/i5D,6D,8D,11D,14D,17D,18D,19D,20D,23D,24D. The van der Waals surface area contributed by atoms with Gasteiger partial charge in [0.15, 0.2) is 17.5 Å². The minimum Gasteiger partial charge on any atom is -0.208 e. The van der Waals surface area contributed by atoms with Crippen molar-refractivity contribution in [1.82, 2.24) is 15.0 Å². The topological polar surface area (TPSA) is 38.7 Å². The van der Waals surface area contributed by atoms with Gasteiger partial charge in [-0.3, -0.25) is 0 Å². The maximum Gasteiger partial charge on any atom is 0.164 e. The summed E-state index contributed by atoms with van der Waals surface area (Å²) in [6.45, 7) is 0. The smallest absolute Gasteiger partial charge is 0.164 e. The van der Waals surface area contributed by atoms with Gasteiger partial charge >= 0.3 is 0 Å². The Balaban J connectivity index is 1.23. The average molecular weight is 623 g/mol. The molecule has 3 nitrogen and oxygen atoms in total. The molecular formula is C45H29N3. The number of rotatable bonds is 5. The van der Waals surface area contributed by atoms with Crippen molar-refractivity contribution >= 4 is 32.3 Å². The van der Waals surface area contributed by atoms with Gasteiger partial charge in [-0.15, -0.1) is 0 Å². The second-order valence-electron chi connectivity index (χ2n) is 11.3. The number of hydrogen-bond donors (Lipinski definition) is 0. The van der Waals surface area contributed by atoms with Crippen LogP contribution in [0.25, 0.3) is 88.7 Å². The lowest BCUT2D eigenvalue weighted by molar-refractivity contribution is 1.08. The van der Waals surface area contributed by atoms with Gasteiger partial charge in [-0.25, -0.2) is 15.0 Å². The van der Waals surface area contributed by atoms with E-state index in [9.17, 15) is 2.74 Å². The number of hydrogen-bond acceptors (Lipinski definition) is 3. The highest BCUT2D eigenvalue weighted by Gasteiger charge is 2.14. The molecule has 9 aromatic rings. The van der Waals surface area contributed by atoms with Crippen molar-refractivity contribution in [1.29, 1.82) is 0 Å². The quantitative estimate of drug-likeness (QED) is 0.192. The largest absolute Gasteiger partial charge is 0.208 e. The summed E-state index contributed by atoms with van der Waals surface area (Å²) in [6.07, 6.45) is 0. The monoisotopic (exact) mass is 622 g/mol. The molecule has 0 amide bonds. The zero-order chi connectivity index (χ0) is 41.4. The molecule has 9 rings (SSSR count). The molecule has 0 radical (unpaired) electrons. The molecule has 0 saturated carbocycles. The Morgan fingerprint density at radius 3 is 1.50 bits per heavy atom. The molecule has 224 valence electrons. The van der Waals surface area contributed by atoms with Crippen LogP contribution in [0.3, 0.4) is 0 Å². The van der Waals surface area contributed by atoms with E-state index in [1.54, 1.807) is 24.3 Å². The Hall–Kier alpha value is -6.45. The number of benzene rings is 8. The Kier molecular flexibility index (Phi) is 4.55. The lowest BCUT2D eigenvalue weighted by Gasteiger charge is -2.11. The third kappa shape index (κ3) is 5.18. The zero-order valence-corrected chi connectivity index (χ0v) is 25.2. The first kappa shape index (κ1) is 18.6. The fourth-order valence-corrected chi connectivity index (χ4v) is 5.82. The van der Waals surface area contributed by atoms with E-state index >= 15 is 0 Å². The number of aromatic nitrogens is 3. The van der Waals surface area contributed by atoms with Crippen molar-refractivity contribution in [3.63, 3.8) is 0 Å². The van der Waals surface area contributed by atoms with Crippen molar-refractivity contribution in [2.45, 2.75) is 0 Å². The van der Waals surface area contributed by atoms with Crippen molar-refractivity contribution in [2.75, 3.05) is 0 Å². The Labute approximate surface area is 294 Å². The van der Waals surface area contributed by atoms with Crippen LogP contribution in [0.2, 0.25) is 0 Å². The first-order valence-electron chi connectivity index (χ1n) is 20.8. The van der Waals surface area contributed by atoms with Crippen molar-refractivity contribution in [3.8, 4) is 56.4 Å². The minimum absolute atomic E-state index is 0.0647. The lowest BCUT2D eigenvalue weighted by atomic mass is 9.96. The number of fused-ring (bicyclic) bond motifs is 3. The van der Waals surface area contributed by atoms with Crippen molar-refractivity contribution in [3.05, 3.63) is 176 Å². The second kappa shape index (κ2) is 11.7. The van der Waals surface area contributed by atoms with Gasteiger partial charge in [0.1, 0.15) is 0 Å². The molecule has 0 bridgehead atoms. The molecule has 0 unspecified atom stereocenters. The Morgan fingerprint density at radius 2 is 0.854 bits per heavy atom. The summed E-state index contributed by atoms with van der Waals surface area (Å²) in [6, 6.07) is 28.1. The van der Waals surface area contributed by atoms with Gasteiger partial charge in [0, 0.05) is 16.7 Å². The summed E-state index contributed by atoms with van der Waals surface area (Å²) < 4.78 is 96.0. The molecule has 0 aliphatic rings. The molecule has 0 N–H and O–H groups in total. The van der Waals surface area contributed by atoms with Crippen LogP contribution in [0, 0.1) is 0 Å². The summed E-state index contributed by atoms with van der Waals surface area (Å²) in [5.41, 5.74) is 1.50. The molecule has 0 aliphatic heterocycles. The molecule has 0 atom stereocenters. The van der Waals surface area contributed by atoms with Crippen molar-refractivity contribution in [2.24, 2.45) is 0 Å². The van der Waals surface area contributed by atoms with Gasteiger partial charge in [-0.05, 0) is 72.8 Å². The van der Waals surface area contributed by atoms with Crippen LogP contribution in [-0.4, -0.2) is 15.0 Å². The highest BCUT2D eigenvalue weighted by atomic mass is 15.0. The highest BCUT2D eigenvalue weighted by Crippen LogP contribution is 2.33. The molecule has 0 aliphatic carbocycles. The van der Waals surface area contributed by atoms with Crippen LogP contribution in [0.1, 0.15) is 15.1 Å². The van der Waals surface area contributed by atoms with E-state index in [4.69, 9.17) is 27.3 Å². The highest BCUT2D eigenvalue weighted by molar-refractivity contribution is 5.97. The lowest BCUT2D eigenvalue weighted by Crippen LogP contribution is -2.00. The fourth-order valence-electron chi connectivity index (χ4n) is 5.82.